The monoisotopic (exact) mass is 387 g/mol. The molecule has 1 N–H and O–H groups in total. The highest BCUT2D eigenvalue weighted by Crippen LogP contribution is 2.11. The van der Waals surface area contributed by atoms with Gasteiger partial charge in [-0.25, -0.2) is 4.79 Å². The van der Waals surface area contributed by atoms with E-state index in [0.29, 0.717) is 11.3 Å². The summed E-state index contributed by atoms with van der Waals surface area (Å²) in [5.41, 5.74) is 1.06. The lowest BCUT2D eigenvalue weighted by Gasteiger charge is -2.02. The van der Waals surface area contributed by atoms with Gasteiger partial charge >= 0.3 is 5.97 Å². The van der Waals surface area contributed by atoms with Gasteiger partial charge in [0.1, 0.15) is 0 Å². The first kappa shape index (κ1) is 17.6. The van der Waals surface area contributed by atoms with Crippen molar-refractivity contribution >= 4 is 39.3 Å². The molecule has 0 unspecified atom stereocenters. The van der Waals surface area contributed by atoms with Gasteiger partial charge in [-0.15, -0.1) is 0 Å². The minimum absolute atomic E-state index is 0.321. The molecule has 0 aliphatic heterocycles. The number of para-hydroxylation sites is 1. The van der Waals surface area contributed by atoms with Gasteiger partial charge in [0.15, 0.2) is 12.4 Å². The summed E-state index contributed by atoms with van der Waals surface area (Å²) in [6, 6.07) is 15.5. The first-order chi connectivity index (χ1) is 11.5. The zero-order valence-corrected chi connectivity index (χ0v) is 14.2. The third-order valence-corrected chi connectivity index (χ3v) is 3.45. The molecule has 5 nitrogen and oxygen atoms in total. The summed E-state index contributed by atoms with van der Waals surface area (Å²) in [6.45, 7) is -0.384. The average Bonchev–Trinajstić information content (AvgIpc) is 2.59. The number of ether oxygens (including phenoxy) is 1. The Bertz CT molecular complexity index is 754. The van der Waals surface area contributed by atoms with Crippen molar-refractivity contribution in [3.63, 3.8) is 0 Å². The number of Topliss-reactive ketones (excluding diaryl/α,β-unsaturated/α-hetero) is 1. The van der Waals surface area contributed by atoms with E-state index in [1.165, 1.54) is 0 Å². The predicted octanol–water partition coefficient (Wildman–Crippen LogP) is 3.37. The van der Waals surface area contributed by atoms with Crippen molar-refractivity contribution in [3.05, 3.63) is 76.8 Å². The first-order valence-electron chi connectivity index (χ1n) is 7.04. The number of anilines is 1. The average molecular weight is 388 g/mol. The molecule has 0 saturated carbocycles. The molecule has 2 rings (SSSR count). The summed E-state index contributed by atoms with van der Waals surface area (Å²) < 4.78 is 5.67. The second-order valence-electron chi connectivity index (χ2n) is 4.73. The lowest BCUT2D eigenvalue weighted by molar-refractivity contribution is -0.136. The zero-order chi connectivity index (χ0) is 17.4. The highest BCUT2D eigenvalue weighted by Gasteiger charge is 2.08. The Kier molecular flexibility index (Phi) is 6.45. The Labute approximate surface area is 147 Å². The molecule has 0 bridgehead atoms. The van der Waals surface area contributed by atoms with E-state index in [0.717, 1.165) is 16.6 Å². The number of hydrogen-bond donors (Lipinski definition) is 1. The zero-order valence-electron chi connectivity index (χ0n) is 12.6. The summed E-state index contributed by atoms with van der Waals surface area (Å²) in [5.74, 6) is -1.54. The Morgan fingerprint density at radius 3 is 2.29 bits per heavy atom. The fourth-order valence-corrected chi connectivity index (χ4v) is 2.02. The Morgan fingerprint density at radius 2 is 1.62 bits per heavy atom. The van der Waals surface area contributed by atoms with Crippen molar-refractivity contribution in [1.29, 1.82) is 0 Å². The van der Waals surface area contributed by atoms with Crippen molar-refractivity contribution in [3.8, 4) is 0 Å². The number of rotatable bonds is 6. The van der Waals surface area contributed by atoms with Crippen molar-refractivity contribution in [2.75, 3.05) is 11.9 Å². The number of amides is 1. The number of nitrogens with one attached hydrogen (secondary N) is 1. The molecule has 0 aromatic heterocycles. The fraction of sp³-hybridized carbons (Fsp3) is 0.0556. The number of halogens is 1. The summed E-state index contributed by atoms with van der Waals surface area (Å²) in [4.78, 5) is 35.0. The molecule has 1 amide bonds. The Hall–Kier alpha value is -2.73. The van der Waals surface area contributed by atoms with Gasteiger partial charge in [-0.05, 0) is 24.3 Å². The van der Waals surface area contributed by atoms with Crippen LogP contribution in [-0.4, -0.2) is 24.3 Å². The summed E-state index contributed by atoms with van der Waals surface area (Å²) >= 11 is 3.27. The van der Waals surface area contributed by atoms with Crippen molar-refractivity contribution < 1.29 is 19.1 Å². The third kappa shape index (κ3) is 5.81. The van der Waals surface area contributed by atoms with E-state index in [-0.39, 0.29) is 12.4 Å². The highest BCUT2D eigenvalue weighted by atomic mass is 79.9. The standard InChI is InChI=1S/C18H14BrNO4/c19-14-8-6-13(7-9-14)16(21)12-24-18(23)11-10-17(22)20-15-4-2-1-3-5-15/h1-11H,12H2,(H,20,22). The van der Waals surface area contributed by atoms with Crippen LogP contribution in [0.3, 0.4) is 0 Å². The molecule has 24 heavy (non-hydrogen) atoms. The van der Waals surface area contributed by atoms with Crippen LogP contribution in [0.15, 0.2) is 71.2 Å². The van der Waals surface area contributed by atoms with Gasteiger partial charge in [-0.2, -0.15) is 0 Å². The lowest BCUT2D eigenvalue weighted by atomic mass is 10.1. The lowest BCUT2D eigenvalue weighted by Crippen LogP contribution is -2.13. The molecule has 0 aliphatic rings. The molecule has 0 heterocycles. The number of carbonyl (C=O) groups excluding carboxylic acids is 3. The van der Waals surface area contributed by atoms with Crippen LogP contribution < -0.4 is 5.32 Å². The van der Waals surface area contributed by atoms with E-state index in [1.54, 1.807) is 48.5 Å². The van der Waals surface area contributed by atoms with Gasteiger partial charge in [-0.1, -0.05) is 46.3 Å². The number of esters is 1. The largest absolute Gasteiger partial charge is 0.454 e. The van der Waals surface area contributed by atoms with Crippen LogP contribution in [0.1, 0.15) is 10.4 Å². The quantitative estimate of drug-likeness (QED) is 0.468. The molecular formula is C18H14BrNO4. The summed E-state index contributed by atoms with van der Waals surface area (Å²) in [5, 5.41) is 2.59. The third-order valence-electron chi connectivity index (χ3n) is 2.92. The van der Waals surface area contributed by atoms with Crippen LogP contribution in [0.4, 0.5) is 5.69 Å². The van der Waals surface area contributed by atoms with Gasteiger partial charge in [0, 0.05) is 27.9 Å². The molecule has 2 aromatic rings. The highest BCUT2D eigenvalue weighted by molar-refractivity contribution is 9.10. The molecular weight excluding hydrogens is 374 g/mol. The second-order valence-corrected chi connectivity index (χ2v) is 5.64. The van der Waals surface area contributed by atoms with E-state index in [2.05, 4.69) is 21.2 Å². The Balaban J connectivity index is 1.79. The van der Waals surface area contributed by atoms with Crippen LogP contribution in [-0.2, 0) is 14.3 Å². The summed E-state index contributed by atoms with van der Waals surface area (Å²) in [7, 11) is 0. The molecule has 2 aromatic carbocycles. The molecule has 0 saturated heterocycles. The van der Waals surface area contributed by atoms with E-state index in [9.17, 15) is 14.4 Å². The van der Waals surface area contributed by atoms with Gasteiger partial charge in [0.25, 0.3) is 0 Å². The molecule has 0 aliphatic carbocycles. The number of benzene rings is 2. The SMILES string of the molecule is O=C(C=CC(=O)OCC(=O)c1ccc(Br)cc1)Nc1ccccc1. The fourth-order valence-electron chi connectivity index (χ4n) is 1.75. The van der Waals surface area contributed by atoms with Crippen molar-refractivity contribution in [2.24, 2.45) is 0 Å². The minimum Gasteiger partial charge on any atom is -0.454 e. The van der Waals surface area contributed by atoms with Gasteiger partial charge < -0.3 is 10.1 Å². The maximum absolute atomic E-state index is 11.8. The Morgan fingerprint density at radius 1 is 0.958 bits per heavy atom. The van der Waals surface area contributed by atoms with E-state index >= 15 is 0 Å². The first-order valence-corrected chi connectivity index (χ1v) is 7.83. The number of ketones is 1. The second kappa shape index (κ2) is 8.79. The number of hydrogen-bond acceptors (Lipinski definition) is 4. The summed E-state index contributed by atoms with van der Waals surface area (Å²) in [6.07, 6.45) is 2.03. The topological polar surface area (TPSA) is 72.5 Å². The van der Waals surface area contributed by atoms with Crippen LogP contribution in [0, 0.1) is 0 Å². The van der Waals surface area contributed by atoms with Crippen LogP contribution in [0.2, 0.25) is 0 Å². The van der Waals surface area contributed by atoms with E-state index in [1.807, 2.05) is 6.07 Å². The van der Waals surface area contributed by atoms with Crippen molar-refractivity contribution in [1.82, 2.24) is 0 Å². The van der Waals surface area contributed by atoms with Gasteiger partial charge in [-0.3, -0.25) is 9.59 Å². The molecule has 0 spiro atoms. The van der Waals surface area contributed by atoms with Gasteiger partial charge in [0.05, 0.1) is 0 Å². The molecule has 0 radical (unpaired) electrons. The normalized spacial score (nSPS) is 10.4. The predicted molar refractivity (Wildman–Crippen MR) is 93.6 cm³/mol. The number of carbonyl (C=O) groups is 3. The minimum atomic E-state index is -0.760. The van der Waals surface area contributed by atoms with Crippen molar-refractivity contribution in [2.45, 2.75) is 0 Å². The van der Waals surface area contributed by atoms with Crippen LogP contribution in [0.5, 0.6) is 0 Å². The maximum atomic E-state index is 11.8. The van der Waals surface area contributed by atoms with Gasteiger partial charge in [0.2, 0.25) is 5.91 Å². The van der Waals surface area contributed by atoms with Crippen LogP contribution >= 0.6 is 15.9 Å². The molecule has 0 atom stereocenters. The maximum Gasteiger partial charge on any atom is 0.331 e. The van der Waals surface area contributed by atoms with Crippen LogP contribution in [0.25, 0.3) is 0 Å². The molecule has 6 heteroatoms. The van der Waals surface area contributed by atoms with E-state index in [4.69, 9.17) is 4.74 Å². The molecule has 0 fully saturated rings. The molecule has 122 valence electrons. The van der Waals surface area contributed by atoms with E-state index < -0.39 is 11.9 Å². The smallest absolute Gasteiger partial charge is 0.331 e.